The molecule has 0 saturated carbocycles. The number of aryl methyl sites for hydroxylation is 1. The topological polar surface area (TPSA) is 79.8 Å². The first-order valence-electron chi connectivity index (χ1n) is 5.81. The van der Waals surface area contributed by atoms with Crippen LogP contribution in [0.15, 0.2) is 16.5 Å². The van der Waals surface area contributed by atoms with Crippen LogP contribution in [0, 0.1) is 6.92 Å². The summed E-state index contributed by atoms with van der Waals surface area (Å²) in [4.78, 5) is 0. The van der Waals surface area contributed by atoms with Crippen LogP contribution in [-0.4, -0.2) is 44.2 Å². The highest BCUT2D eigenvalue weighted by atomic mass is 32.2. The highest BCUT2D eigenvalue weighted by Gasteiger charge is 2.23. The molecule has 0 fully saturated rings. The van der Waals surface area contributed by atoms with Crippen LogP contribution >= 0.6 is 0 Å². The smallest absolute Gasteiger partial charge is 0.281 e. The Labute approximate surface area is 109 Å². The summed E-state index contributed by atoms with van der Waals surface area (Å²) in [5.41, 5.74) is 5.37. The second-order valence-electron chi connectivity index (χ2n) is 4.24. The van der Waals surface area contributed by atoms with E-state index < -0.39 is 10.2 Å². The van der Waals surface area contributed by atoms with E-state index in [2.05, 4.69) is 0 Å². The molecule has 0 aliphatic heterocycles. The molecule has 1 heterocycles. The van der Waals surface area contributed by atoms with Crippen molar-refractivity contribution in [2.24, 2.45) is 5.73 Å². The first-order chi connectivity index (χ1) is 8.37. The zero-order valence-corrected chi connectivity index (χ0v) is 11.9. The van der Waals surface area contributed by atoms with Crippen molar-refractivity contribution in [2.45, 2.75) is 19.9 Å². The van der Waals surface area contributed by atoms with E-state index in [0.29, 0.717) is 25.3 Å². The lowest BCUT2D eigenvalue weighted by molar-refractivity contribution is 0.359. The molecule has 0 unspecified atom stereocenters. The average molecular weight is 275 g/mol. The van der Waals surface area contributed by atoms with Gasteiger partial charge in [0.2, 0.25) is 0 Å². The van der Waals surface area contributed by atoms with Crippen molar-refractivity contribution in [3.8, 4) is 0 Å². The second-order valence-corrected chi connectivity index (χ2v) is 6.38. The Morgan fingerprint density at radius 2 is 1.94 bits per heavy atom. The van der Waals surface area contributed by atoms with Crippen LogP contribution < -0.4 is 5.73 Å². The van der Waals surface area contributed by atoms with Gasteiger partial charge in [-0.2, -0.15) is 17.0 Å². The summed E-state index contributed by atoms with van der Waals surface area (Å²) in [5, 5.41) is 0. The van der Waals surface area contributed by atoms with E-state index in [1.54, 1.807) is 13.1 Å². The van der Waals surface area contributed by atoms with Gasteiger partial charge in [-0.05, 0) is 32.0 Å². The molecule has 0 radical (unpaired) electrons. The van der Waals surface area contributed by atoms with E-state index in [-0.39, 0.29) is 6.54 Å². The molecule has 7 heteroatoms. The largest absolute Gasteiger partial charge is 0.465 e. The van der Waals surface area contributed by atoms with Crippen LogP contribution in [0.5, 0.6) is 0 Å². The minimum Gasteiger partial charge on any atom is -0.465 e. The summed E-state index contributed by atoms with van der Waals surface area (Å²) in [6, 6.07) is 3.59. The zero-order chi connectivity index (χ0) is 13.8. The maximum atomic E-state index is 12.1. The number of nitrogens with two attached hydrogens (primary N) is 1. The van der Waals surface area contributed by atoms with Gasteiger partial charge in [0.25, 0.3) is 10.2 Å². The number of nitrogens with zero attached hydrogens (tertiary/aromatic N) is 2. The monoisotopic (exact) mass is 275 g/mol. The second kappa shape index (κ2) is 6.33. The molecule has 0 spiro atoms. The predicted octanol–water partition coefficient (Wildman–Crippen LogP) is 0.545. The molecule has 1 rings (SSSR count). The highest BCUT2D eigenvalue weighted by Crippen LogP contribution is 2.12. The maximum absolute atomic E-state index is 12.1. The molecule has 0 aromatic carbocycles. The number of rotatable bonds is 7. The third kappa shape index (κ3) is 3.81. The molecule has 0 amide bonds. The SMILES string of the molecule is Cc1ccc(CN(C)S(=O)(=O)N(C)CCCN)o1. The summed E-state index contributed by atoms with van der Waals surface area (Å²) in [6.45, 7) is 2.94. The molecule has 104 valence electrons. The standard InChI is InChI=1S/C11H21N3O3S/c1-10-5-6-11(17-10)9-14(3)18(15,16)13(2)8-4-7-12/h5-6H,4,7-9,12H2,1-3H3. The zero-order valence-electron chi connectivity index (χ0n) is 11.1. The van der Waals surface area contributed by atoms with Gasteiger partial charge in [0.05, 0.1) is 6.54 Å². The molecule has 6 nitrogen and oxygen atoms in total. The molecular weight excluding hydrogens is 254 g/mol. The number of furan rings is 1. The molecule has 0 aliphatic carbocycles. The molecule has 1 aromatic heterocycles. The fourth-order valence-electron chi connectivity index (χ4n) is 1.54. The van der Waals surface area contributed by atoms with Gasteiger partial charge in [-0.1, -0.05) is 0 Å². The van der Waals surface area contributed by atoms with Gasteiger partial charge in [-0.25, -0.2) is 0 Å². The van der Waals surface area contributed by atoms with Gasteiger partial charge in [0, 0.05) is 20.6 Å². The molecule has 18 heavy (non-hydrogen) atoms. The lowest BCUT2D eigenvalue weighted by Gasteiger charge is -2.23. The first kappa shape index (κ1) is 15.2. The lowest BCUT2D eigenvalue weighted by atomic mass is 10.4. The van der Waals surface area contributed by atoms with Crippen molar-refractivity contribution >= 4 is 10.2 Å². The van der Waals surface area contributed by atoms with E-state index in [0.717, 1.165) is 5.76 Å². The normalized spacial score (nSPS) is 12.6. The van der Waals surface area contributed by atoms with Gasteiger partial charge in [-0.15, -0.1) is 0 Å². The Balaban J connectivity index is 2.66. The molecule has 2 N–H and O–H groups in total. The summed E-state index contributed by atoms with van der Waals surface area (Å²) in [7, 11) is -0.365. The molecule has 1 aromatic rings. The van der Waals surface area contributed by atoms with Crippen LogP contribution in [0.25, 0.3) is 0 Å². The van der Waals surface area contributed by atoms with Gasteiger partial charge in [0.15, 0.2) is 0 Å². The van der Waals surface area contributed by atoms with Crippen LogP contribution in [0.1, 0.15) is 17.9 Å². The molecule has 0 bridgehead atoms. The molecule has 0 aliphatic rings. The highest BCUT2D eigenvalue weighted by molar-refractivity contribution is 7.86. The number of hydrogen-bond acceptors (Lipinski definition) is 4. The Morgan fingerprint density at radius 1 is 1.28 bits per heavy atom. The molecular formula is C11H21N3O3S. The van der Waals surface area contributed by atoms with E-state index >= 15 is 0 Å². The third-order valence-corrected chi connectivity index (χ3v) is 4.53. The van der Waals surface area contributed by atoms with E-state index in [9.17, 15) is 8.42 Å². The Kier molecular flexibility index (Phi) is 5.33. The fourth-order valence-corrected chi connectivity index (χ4v) is 2.66. The summed E-state index contributed by atoms with van der Waals surface area (Å²) < 4.78 is 32.2. The van der Waals surface area contributed by atoms with Crippen LogP contribution in [0.4, 0.5) is 0 Å². The van der Waals surface area contributed by atoms with E-state index in [4.69, 9.17) is 10.2 Å². The van der Waals surface area contributed by atoms with Crippen molar-refractivity contribution in [1.82, 2.24) is 8.61 Å². The predicted molar refractivity (Wildman–Crippen MR) is 70.1 cm³/mol. The van der Waals surface area contributed by atoms with Gasteiger partial charge in [0.1, 0.15) is 11.5 Å². The maximum Gasteiger partial charge on any atom is 0.281 e. The van der Waals surface area contributed by atoms with Crippen molar-refractivity contribution in [2.75, 3.05) is 27.2 Å². The van der Waals surface area contributed by atoms with Crippen LogP contribution in [0.2, 0.25) is 0 Å². The summed E-state index contributed by atoms with van der Waals surface area (Å²) >= 11 is 0. The van der Waals surface area contributed by atoms with Crippen LogP contribution in [0.3, 0.4) is 0 Å². The van der Waals surface area contributed by atoms with E-state index in [1.807, 2.05) is 13.0 Å². The Bertz CT molecular complexity index is 470. The summed E-state index contributed by atoms with van der Waals surface area (Å²) in [5.74, 6) is 1.40. The van der Waals surface area contributed by atoms with Crippen molar-refractivity contribution in [3.63, 3.8) is 0 Å². The van der Waals surface area contributed by atoms with Crippen molar-refractivity contribution < 1.29 is 12.8 Å². The van der Waals surface area contributed by atoms with Gasteiger partial charge < -0.3 is 10.2 Å². The van der Waals surface area contributed by atoms with Gasteiger partial charge >= 0.3 is 0 Å². The minimum absolute atomic E-state index is 0.225. The van der Waals surface area contributed by atoms with E-state index in [1.165, 1.54) is 15.7 Å². The number of hydrogen-bond donors (Lipinski definition) is 1. The Morgan fingerprint density at radius 3 is 2.44 bits per heavy atom. The fraction of sp³-hybridized carbons (Fsp3) is 0.636. The first-order valence-corrected chi connectivity index (χ1v) is 7.20. The van der Waals surface area contributed by atoms with Crippen molar-refractivity contribution in [3.05, 3.63) is 23.7 Å². The summed E-state index contributed by atoms with van der Waals surface area (Å²) in [6.07, 6.45) is 0.642. The quantitative estimate of drug-likeness (QED) is 0.788. The molecule has 0 atom stereocenters. The minimum atomic E-state index is -3.45. The Hall–Kier alpha value is -0.890. The average Bonchev–Trinajstić information content (AvgIpc) is 2.71. The van der Waals surface area contributed by atoms with Crippen LogP contribution in [-0.2, 0) is 16.8 Å². The lowest BCUT2D eigenvalue weighted by Crippen LogP contribution is -2.40. The van der Waals surface area contributed by atoms with Gasteiger partial charge in [-0.3, -0.25) is 0 Å². The third-order valence-electron chi connectivity index (χ3n) is 2.64. The van der Waals surface area contributed by atoms with Crippen molar-refractivity contribution in [1.29, 1.82) is 0 Å². The molecule has 0 saturated heterocycles.